The van der Waals surface area contributed by atoms with Crippen molar-refractivity contribution in [3.8, 4) is 11.1 Å². The van der Waals surface area contributed by atoms with E-state index in [-0.39, 0.29) is 18.4 Å². The minimum absolute atomic E-state index is 0.0737. The third kappa shape index (κ3) is 6.01. The molecule has 0 bridgehead atoms. The van der Waals surface area contributed by atoms with Crippen molar-refractivity contribution in [2.75, 3.05) is 6.54 Å². The van der Waals surface area contributed by atoms with Crippen LogP contribution in [0.5, 0.6) is 0 Å². The molecule has 29 heavy (non-hydrogen) atoms. The van der Waals surface area contributed by atoms with E-state index in [0.717, 1.165) is 16.7 Å². The zero-order valence-corrected chi connectivity index (χ0v) is 16.7. The number of aromatic nitrogens is 1. The lowest BCUT2D eigenvalue weighted by Crippen LogP contribution is -2.49. The molecule has 0 spiro atoms. The van der Waals surface area contributed by atoms with E-state index in [2.05, 4.69) is 15.6 Å². The molecular formula is C24H25N3O2. The van der Waals surface area contributed by atoms with Crippen LogP contribution < -0.4 is 10.6 Å². The van der Waals surface area contributed by atoms with Crippen molar-refractivity contribution in [2.24, 2.45) is 0 Å². The molecule has 0 atom stereocenters. The molecular weight excluding hydrogens is 362 g/mol. The van der Waals surface area contributed by atoms with E-state index in [9.17, 15) is 9.59 Å². The summed E-state index contributed by atoms with van der Waals surface area (Å²) in [4.78, 5) is 28.7. The van der Waals surface area contributed by atoms with Crippen LogP contribution in [-0.2, 0) is 11.2 Å². The summed E-state index contributed by atoms with van der Waals surface area (Å²) in [7, 11) is 0. The van der Waals surface area contributed by atoms with Crippen molar-refractivity contribution >= 4 is 11.8 Å². The normalized spacial score (nSPS) is 11.0. The molecule has 0 aliphatic heterocycles. The fourth-order valence-electron chi connectivity index (χ4n) is 3.19. The lowest BCUT2D eigenvalue weighted by atomic mass is 9.96. The number of nitrogens with zero attached hydrogens (tertiary/aromatic N) is 1. The van der Waals surface area contributed by atoms with Crippen LogP contribution in [0.4, 0.5) is 0 Å². The maximum Gasteiger partial charge on any atom is 0.251 e. The summed E-state index contributed by atoms with van der Waals surface area (Å²) in [6.07, 6.45) is 4.16. The molecule has 2 N–H and O–H groups in total. The van der Waals surface area contributed by atoms with Crippen LogP contribution >= 0.6 is 0 Å². The Hall–Kier alpha value is -3.47. The van der Waals surface area contributed by atoms with Gasteiger partial charge in [-0.3, -0.25) is 14.6 Å². The number of amides is 2. The highest BCUT2D eigenvalue weighted by Crippen LogP contribution is 2.19. The third-order valence-corrected chi connectivity index (χ3v) is 4.51. The molecule has 0 aliphatic rings. The molecule has 0 radical (unpaired) electrons. The zero-order chi connectivity index (χ0) is 20.7. The minimum atomic E-state index is -0.442. The Bertz CT molecular complexity index is 952. The monoisotopic (exact) mass is 387 g/mol. The van der Waals surface area contributed by atoms with E-state index >= 15 is 0 Å². The number of hydrogen-bond acceptors (Lipinski definition) is 3. The van der Waals surface area contributed by atoms with Gasteiger partial charge in [-0.25, -0.2) is 0 Å². The Kier molecular flexibility index (Phi) is 6.39. The van der Waals surface area contributed by atoms with Gasteiger partial charge in [0.1, 0.15) is 0 Å². The van der Waals surface area contributed by atoms with Crippen LogP contribution in [0.1, 0.15) is 29.8 Å². The van der Waals surface area contributed by atoms with Gasteiger partial charge in [-0.15, -0.1) is 0 Å². The van der Waals surface area contributed by atoms with Crippen LogP contribution in [0, 0.1) is 0 Å². The van der Waals surface area contributed by atoms with Crippen molar-refractivity contribution < 1.29 is 9.59 Å². The number of carbonyl (C=O) groups excluding carboxylic acids is 2. The van der Waals surface area contributed by atoms with Crippen LogP contribution in [0.3, 0.4) is 0 Å². The molecule has 5 heteroatoms. The van der Waals surface area contributed by atoms with Gasteiger partial charge in [-0.2, -0.15) is 0 Å². The number of benzene rings is 2. The summed E-state index contributed by atoms with van der Waals surface area (Å²) in [6, 6.07) is 21.1. The quantitative estimate of drug-likeness (QED) is 0.650. The van der Waals surface area contributed by atoms with E-state index in [0.29, 0.717) is 12.0 Å². The molecule has 0 unspecified atom stereocenters. The molecule has 0 fully saturated rings. The summed E-state index contributed by atoms with van der Waals surface area (Å²) < 4.78 is 0. The highest BCUT2D eigenvalue weighted by atomic mass is 16.2. The number of rotatable bonds is 7. The van der Waals surface area contributed by atoms with Gasteiger partial charge < -0.3 is 10.6 Å². The number of carbonyl (C=O) groups is 2. The highest BCUT2D eigenvalue weighted by Gasteiger charge is 2.21. The van der Waals surface area contributed by atoms with Crippen LogP contribution in [0.15, 0.2) is 79.1 Å². The Morgan fingerprint density at radius 2 is 1.59 bits per heavy atom. The second kappa shape index (κ2) is 9.15. The molecule has 0 saturated carbocycles. The van der Waals surface area contributed by atoms with Crippen molar-refractivity contribution in [2.45, 2.75) is 25.8 Å². The Balaban J connectivity index is 1.51. The summed E-state index contributed by atoms with van der Waals surface area (Å²) in [6.45, 7) is 3.82. The fraction of sp³-hybridized carbons (Fsp3) is 0.208. The summed E-state index contributed by atoms with van der Waals surface area (Å²) in [5.41, 5.74) is 3.25. The summed E-state index contributed by atoms with van der Waals surface area (Å²) >= 11 is 0. The zero-order valence-electron chi connectivity index (χ0n) is 16.7. The maximum atomic E-state index is 12.4. The molecule has 5 nitrogen and oxygen atoms in total. The van der Waals surface area contributed by atoms with Crippen LogP contribution in [-0.4, -0.2) is 28.9 Å². The van der Waals surface area contributed by atoms with Crippen LogP contribution in [0.2, 0.25) is 0 Å². The van der Waals surface area contributed by atoms with Crippen molar-refractivity contribution in [1.29, 1.82) is 0 Å². The van der Waals surface area contributed by atoms with Crippen molar-refractivity contribution in [3.63, 3.8) is 0 Å². The predicted octanol–water partition coefficient (Wildman–Crippen LogP) is 3.62. The van der Waals surface area contributed by atoms with Gasteiger partial charge in [0.2, 0.25) is 5.91 Å². The lowest BCUT2D eigenvalue weighted by Gasteiger charge is -2.26. The fourth-order valence-corrected chi connectivity index (χ4v) is 3.19. The number of nitrogens with one attached hydrogen (secondary N) is 2. The molecule has 2 amide bonds. The van der Waals surface area contributed by atoms with Gasteiger partial charge in [0.25, 0.3) is 5.91 Å². The molecule has 3 rings (SSSR count). The van der Waals surface area contributed by atoms with E-state index in [1.165, 1.54) is 0 Å². The first-order valence-electron chi connectivity index (χ1n) is 9.56. The Morgan fingerprint density at radius 1 is 0.897 bits per heavy atom. The lowest BCUT2D eigenvalue weighted by molar-refractivity contribution is -0.121. The third-order valence-electron chi connectivity index (χ3n) is 4.51. The van der Waals surface area contributed by atoms with Crippen molar-refractivity contribution in [3.05, 3.63) is 90.3 Å². The molecule has 1 heterocycles. The average molecular weight is 387 g/mol. The Morgan fingerprint density at radius 3 is 2.24 bits per heavy atom. The number of pyridine rings is 1. The van der Waals surface area contributed by atoms with Crippen molar-refractivity contribution in [1.82, 2.24) is 15.6 Å². The SMILES string of the molecule is CC(C)(Cc1cccnc1)NC(=O)CNC(=O)c1ccc(-c2ccccc2)cc1. The Labute approximate surface area is 171 Å². The van der Waals surface area contributed by atoms with Crippen LogP contribution in [0.25, 0.3) is 11.1 Å². The minimum Gasteiger partial charge on any atom is -0.349 e. The first kappa shape index (κ1) is 20.3. The number of hydrogen-bond donors (Lipinski definition) is 2. The smallest absolute Gasteiger partial charge is 0.251 e. The molecule has 1 aromatic heterocycles. The van der Waals surface area contributed by atoms with E-state index in [1.54, 1.807) is 24.5 Å². The maximum absolute atomic E-state index is 12.4. The van der Waals surface area contributed by atoms with Gasteiger partial charge in [-0.05, 0) is 55.2 Å². The second-order valence-corrected chi connectivity index (χ2v) is 7.60. The van der Waals surface area contributed by atoms with E-state index in [1.807, 2.05) is 68.4 Å². The van der Waals surface area contributed by atoms with Gasteiger partial charge in [0, 0.05) is 23.5 Å². The molecule has 0 aliphatic carbocycles. The standard InChI is InChI=1S/C24H25N3O2/c1-24(2,15-18-7-6-14-25-16-18)27-22(28)17-26-23(29)21-12-10-20(11-13-21)19-8-4-3-5-9-19/h3-14,16H,15,17H2,1-2H3,(H,26,29)(H,27,28). The van der Waals surface area contributed by atoms with Gasteiger partial charge >= 0.3 is 0 Å². The van der Waals surface area contributed by atoms with E-state index in [4.69, 9.17) is 0 Å². The first-order valence-corrected chi connectivity index (χ1v) is 9.56. The topological polar surface area (TPSA) is 71.1 Å². The van der Waals surface area contributed by atoms with E-state index < -0.39 is 5.54 Å². The summed E-state index contributed by atoms with van der Waals surface area (Å²) in [5, 5.41) is 5.64. The largest absolute Gasteiger partial charge is 0.349 e. The van der Waals surface area contributed by atoms with Gasteiger partial charge in [0.05, 0.1) is 6.54 Å². The average Bonchev–Trinajstić information content (AvgIpc) is 2.73. The highest BCUT2D eigenvalue weighted by molar-refractivity contribution is 5.96. The molecule has 2 aromatic carbocycles. The van der Waals surface area contributed by atoms with Gasteiger partial charge in [-0.1, -0.05) is 48.5 Å². The summed E-state index contributed by atoms with van der Waals surface area (Å²) in [5.74, 6) is -0.502. The predicted molar refractivity (Wildman–Crippen MR) is 114 cm³/mol. The molecule has 148 valence electrons. The first-order chi connectivity index (χ1) is 13.9. The molecule has 3 aromatic rings. The van der Waals surface area contributed by atoms with Gasteiger partial charge in [0.15, 0.2) is 0 Å². The second-order valence-electron chi connectivity index (χ2n) is 7.60. The molecule has 0 saturated heterocycles.